The molecule has 2 unspecified atom stereocenters. The minimum atomic E-state index is -0.117. The second kappa shape index (κ2) is 5.15. The van der Waals surface area contributed by atoms with Crippen molar-refractivity contribution < 1.29 is 9.53 Å². The molecule has 3 aliphatic rings. The number of ether oxygens (including phenoxy) is 1. The Bertz CT molecular complexity index is 249. The summed E-state index contributed by atoms with van der Waals surface area (Å²) in [5, 5.41) is 3.53. The van der Waals surface area contributed by atoms with E-state index in [1.54, 1.807) is 0 Å². The highest BCUT2D eigenvalue weighted by Gasteiger charge is 2.34. The zero-order valence-corrected chi connectivity index (χ0v) is 10.2. The van der Waals surface area contributed by atoms with Gasteiger partial charge in [-0.2, -0.15) is 0 Å². The third kappa shape index (κ3) is 2.55. The summed E-state index contributed by atoms with van der Waals surface area (Å²) in [4.78, 5) is 13.8. The Hall–Kier alpha value is -0.610. The number of carbonyl (C=O) groups excluding carboxylic acids is 1. The SMILES string of the molecule is COC(=O)C(C)CNC1CN2CCC1CC2. The van der Waals surface area contributed by atoms with Crippen LogP contribution in [0.5, 0.6) is 0 Å². The van der Waals surface area contributed by atoms with Crippen LogP contribution >= 0.6 is 0 Å². The molecule has 2 atom stereocenters. The summed E-state index contributed by atoms with van der Waals surface area (Å²) in [6.45, 7) is 6.32. The number of methoxy groups -OCH3 is 1. The summed E-state index contributed by atoms with van der Waals surface area (Å²) in [5.41, 5.74) is 0. The van der Waals surface area contributed by atoms with Gasteiger partial charge in [0.1, 0.15) is 0 Å². The number of esters is 1. The third-order valence-corrected chi connectivity index (χ3v) is 3.95. The first-order valence-electron chi connectivity index (χ1n) is 6.24. The minimum Gasteiger partial charge on any atom is -0.469 e. The van der Waals surface area contributed by atoms with E-state index in [1.807, 2.05) is 6.92 Å². The second-order valence-electron chi connectivity index (χ2n) is 5.08. The molecule has 3 aliphatic heterocycles. The first-order chi connectivity index (χ1) is 7.70. The molecule has 0 aromatic rings. The van der Waals surface area contributed by atoms with Crippen molar-refractivity contribution in [3.05, 3.63) is 0 Å². The van der Waals surface area contributed by atoms with Crippen molar-refractivity contribution in [2.75, 3.05) is 33.3 Å². The standard InChI is InChI=1S/C12H22N2O2/c1-9(12(15)16-2)7-13-11-8-14-5-3-10(11)4-6-14/h9-11,13H,3-8H2,1-2H3. The van der Waals surface area contributed by atoms with E-state index in [2.05, 4.69) is 10.2 Å². The number of hydrogen-bond donors (Lipinski definition) is 1. The topological polar surface area (TPSA) is 41.6 Å². The Labute approximate surface area is 97.3 Å². The lowest BCUT2D eigenvalue weighted by Gasteiger charge is -2.45. The van der Waals surface area contributed by atoms with Gasteiger partial charge in [-0.05, 0) is 31.8 Å². The third-order valence-electron chi connectivity index (χ3n) is 3.95. The maximum Gasteiger partial charge on any atom is 0.309 e. The average molecular weight is 226 g/mol. The molecule has 0 spiro atoms. The van der Waals surface area contributed by atoms with Gasteiger partial charge in [0.25, 0.3) is 0 Å². The lowest BCUT2D eigenvalue weighted by atomic mass is 9.84. The van der Waals surface area contributed by atoms with Gasteiger partial charge < -0.3 is 15.0 Å². The first kappa shape index (κ1) is 11.9. The highest BCUT2D eigenvalue weighted by atomic mass is 16.5. The van der Waals surface area contributed by atoms with Crippen molar-refractivity contribution in [2.45, 2.75) is 25.8 Å². The maximum atomic E-state index is 11.3. The van der Waals surface area contributed by atoms with Crippen LogP contribution in [0.15, 0.2) is 0 Å². The molecule has 92 valence electrons. The summed E-state index contributed by atoms with van der Waals surface area (Å²) in [6.07, 6.45) is 2.62. The molecule has 2 bridgehead atoms. The molecule has 16 heavy (non-hydrogen) atoms. The zero-order valence-electron chi connectivity index (χ0n) is 10.2. The van der Waals surface area contributed by atoms with Gasteiger partial charge in [0.2, 0.25) is 0 Å². The van der Waals surface area contributed by atoms with Crippen LogP contribution in [0, 0.1) is 11.8 Å². The van der Waals surface area contributed by atoms with E-state index >= 15 is 0 Å². The van der Waals surface area contributed by atoms with Crippen LogP contribution in [0.25, 0.3) is 0 Å². The van der Waals surface area contributed by atoms with Gasteiger partial charge in [-0.25, -0.2) is 0 Å². The molecule has 4 nitrogen and oxygen atoms in total. The van der Waals surface area contributed by atoms with Gasteiger partial charge in [-0.15, -0.1) is 0 Å². The van der Waals surface area contributed by atoms with E-state index in [-0.39, 0.29) is 11.9 Å². The summed E-state index contributed by atoms with van der Waals surface area (Å²) in [5.74, 6) is 0.657. The average Bonchev–Trinajstić information content (AvgIpc) is 2.36. The van der Waals surface area contributed by atoms with Crippen LogP contribution in [0.4, 0.5) is 0 Å². The van der Waals surface area contributed by atoms with E-state index in [4.69, 9.17) is 4.74 Å². The van der Waals surface area contributed by atoms with Crippen LogP contribution in [0.2, 0.25) is 0 Å². The van der Waals surface area contributed by atoms with Crippen molar-refractivity contribution in [1.82, 2.24) is 10.2 Å². The van der Waals surface area contributed by atoms with Crippen molar-refractivity contribution in [2.24, 2.45) is 11.8 Å². The largest absolute Gasteiger partial charge is 0.469 e. The van der Waals surface area contributed by atoms with E-state index in [9.17, 15) is 4.79 Å². The monoisotopic (exact) mass is 226 g/mol. The Kier molecular flexibility index (Phi) is 3.82. The molecule has 0 aromatic carbocycles. The molecule has 0 aliphatic carbocycles. The lowest BCUT2D eigenvalue weighted by molar-refractivity contribution is -0.144. The zero-order chi connectivity index (χ0) is 11.5. The molecular formula is C12H22N2O2. The number of fused-ring (bicyclic) bond motifs is 3. The van der Waals surface area contributed by atoms with Gasteiger partial charge in [0, 0.05) is 19.1 Å². The fraction of sp³-hybridized carbons (Fsp3) is 0.917. The van der Waals surface area contributed by atoms with Crippen molar-refractivity contribution in [3.63, 3.8) is 0 Å². The Balaban J connectivity index is 1.76. The van der Waals surface area contributed by atoms with Gasteiger partial charge in [-0.1, -0.05) is 6.92 Å². The Morgan fingerprint density at radius 3 is 2.69 bits per heavy atom. The van der Waals surface area contributed by atoms with Gasteiger partial charge in [0.05, 0.1) is 13.0 Å². The van der Waals surface area contributed by atoms with Crippen LogP contribution in [-0.2, 0) is 9.53 Å². The fourth-order valence-corrected chi connectivity index (χ4v) is 2.81. The molecule has 4 heteroatoms. The summed E-state index contributed by atoms with van der Waals surface area (Å²) >= 11 is 0. The number of nitrogens with one attached hydrogen (secondary N) is 1. The fourth-order valence-electron chi connectivity index (χ4n) is 2.81. The van der Waals surface area contributed by atoms with Gasteiger partial charge in [-0.3, -0.25) is 4.79 Å². The molecule has 1 N–H and O–H groups in total. The second-order valence-corrected chi connectivity index (χ2v) is 5.08. The highest BCUT2D eigenvalue weighted by molar-refractivity contribution is 5.72. The lowest BCUT2D eigenvalue weighted by Crippen LogP contribution is -2.56. The Morgan fingerprint density at radius 1 is 1.50 bits per heavy atom. The molecule has 0 radical (unpaired) electrons. The molecule has 3 fully saturated rings. The van der Waals surface area contributed by atoms with Crippen molar-refractivity contribution >= 4 is 5.97 Å². The summed E-state index contributed by atoms with van der Waals surface area (Å²) < 4.78 is 4.72. The smallest absolute Gasteiger partial charge is 0.309 e. The van der Waals surface area contributed by atoms with E-state index < -0.39 is 0 Å². The van der Waals surface area contributed by atoms with E-state index in [1.165, 1.54) is 33.0 Å². The number of piperidine rings is 3. The highest BCUT2D eigenvalue weighted by Crippen LogP contribution is 2.27. The molecule has 3 rings (SSSR count). The van der Waals surface area contributed by atoms with Gasteiger partial charge in [0.15, 0.2) is 0 Å². The van der Waals surface area contributed by atoms with E-state index in [0.29, 0.717) is 6.04 Å². The van der Waals surface area contributed by atoms with Crippen LogP contribution in [0.1, 0.15) is 19.8 Å². The number of carbonyl (C=O) groups is 1. The summed E-state index contributed by atoms with van der Waals surface area (Å²) in [7, 11) is 1.45. The molecule has 0 saturated carbocycles. The number of rotatable bonds is 4. The number of nitrogens with zero attached hydrogens (tertiary/aromatic N) is 1. The molecule has 0 aromatic heterocycles. The normalized spacial score (nSPS) is 34.8. The van der Waals surface area contributed by atoms with Crippen LogP contribution in [-0.4, -0.2) is 50.2 Å². The van der Waals surface area contributed by atoms with Crippen molar-refractivity contribution in [1.29, 1.82) is 0 Å². The quantitative estimate of drug-likeness (QED) is 0.708. The van der Waals surface area contributed by atoms with E-state index in [0.717, 1.165) is 19.0 Å². The molecule has 3 heterocycles. The Morgan fingerprint density at radius 2 is 2.19 bits per heavy atom. The molecule has 3 saturated heterocycles. The maximum absolute atomic E-state index is 11.3. The van der Waals surface area contributed by atoms with Gasteiger partial charge >= 0.3 is 5.97 Å². The van der Waals surface area contributed by atoms with Crippen molar-refractivity contribution in [3.8, 4) is 0 Å². The van der Waals surface area contributed by atoms with Crippen LogP contribution in [0.3, 0.4) is 0 Å². The number of hydrogen-bond acceptors (Lipinski definition) is 4. The molecule has 0 amide bonds. The summed E-state index contributed by atoms with van der Waals surface area (Å²) in [6, 6.07) is 0.578. The predicted molar refractivity (Wildman–Crippen MR) is 62.1 cm³/mol. The predicted octanol–water partition coefficient (Wildman–Crippen LogP) is 0.479. The molecular weight excluding hydrogens is 204 g/mol. The van der Waals surface area contributed by atoms with Crippen LogP contribution < -0.4 is 5.32 Å². The first-order valence-corrected chi connectivity index (χ1v) is 6.24. The minimum absolute atomic E-state index is 0.0412.